The summed E-state index contributed by atoms with van der Waals surface area (Å²) in [5, 5.41) is 7.77. The fourth-order valence-electron chi connectivity index (χ4n) is 2.72. The second-order valence-corrected chi connectivity index (χ2v) is 5.76. The van der Waals surface area contributed by atoms with Crippen molar-refractivity contribution < 1.29 is 9.53 Å². The molecule has 0 bridgehead atoms. The van der Waals surface area contributed by atoms with Gasteiger partial charge in [-0.1, -0.05) is 18.2 Å². The second-order valence-electron chi connectivity index (χ2n) is 5.76. The van der Waals surface area contributed by atoms with E-state index in [1.807, 2.05) is 29.2 Å². The van der Waals surface area contributed by atoms with Crippen molar-refractivity contribution in [2.24, 2.45) is 0 Å². The Labute approximate surface area is 129 Å². The number of nitrogens with zero attached hydrogens (tertiary/aromatic N) is 4. The van der Waals surface area contributed by atoms with Crippen LogP contribution < -0.4 is 0 Å². The Bertz CT molecular complexity index is 656. The Morgan fingerprint density at radius 3 is 3.05 bits per heavy atom. The van der Waals surface area contributed by atoms with E-state index in [4.69, 9.17) is 4.74 Å². The first kappa shape index (κ1) is 14.7. The minimum atomic E-state index is -0.251. The Morgan fingerprint density at radius 2 is 2.32 bits per heavy atom. The zero-order chi connectivity index (χ0) is 15.6. The molecule has 0 N–H and O–H groups in total. The molecule has 116 valence electrons. The normalized spacial score (nSPS) is 21.8. The first-order chi connectivity index (χ1) is 10.6. The molecule has 6 nitrogen and oxygen atoms in total. The lowest BCUT2D eigenvalue weighted by atomic mass is 9.95. The number of amides is 1. The third kappa shape index (κ3) is 2.62. The lowest BCUT2D eigenvalue weighted by Crippen LogP contribution is -2.57. The molecule has 1 aromatic heterocycles. The van der Waals surface area contributed by atoms with Crippen LogP contribution in [0.25, 0.3) is 5.69 Å². The highest BCUT2D eigenvalue weighted by Gasteiger charge is 2.37. The summed E-state index contributed by atoms with van der Waals surface area (Å²) >= 11 is 0. The molecule has 2 aromatic rings. The van der Waals surface area contributed by atoms with E-state index in [0.29, 0.717) is 25.3 Å². The standard InChI is InChI=1S/C16H20N4O2/c1-3-16(2)12-22-10-9-19(16)15(21)13-5-4-6-14(11-13)20-8-7-17-18-20/h4-8,11H,3,9-10,12H2,1-2H3. The van der Waals surface area contributed by atoms with Gasteiger partial charge < -0.3 is 9.64 Å². The van der Waals surface area contributed by atoms with Crippen LogP contribution in [-0.2, 0) is 4.74 Å². The Kier molecular flexibility index (Phi) is 3.94. The quantitative estimate of drug-likeness (QED) is 0.869. The van der Waals surface area contributed by atoms with Gasteiger partial charge in [-0.25, -0.2) is 4.68 Å². The van der Waals surface area contributed by atoms with Crippen LogP contribution in [0.4, 0.5) is 0 Å². The van der Waals surface area contributed by atoms with Crippen LogP contribution in [0.1, 0.15) is 30.6 Å². The van der Waals surface area contributed by atoms with Gasteiger partial charge in [-0.3, -0.25) is 4.79 Å². The summed E-state index contributed by atoms with van der Waals surface area (Å²) < 4.78 is 7.21. The maximum absolute atomic E-state index is 12.9. The van der Waals surface area contributed by atoms with Gasteiger partial charge in [0, 0.05) is 12.1 Å². The highest BCUT2D eigenvalue weighted by Crippen LogP contribution is 2.25. The van der Waals surface area contributed by atoms with E-state index in [0.717, 1.165) is 12.1 Å². The van der Waals surface area contributed by atoms with Crippen molar-refractivity contribution in [3.05, 3.63) is 42.2 Å². The summed E-state index contributed by atoms with van der Waals surface area (Å²) in [5.41, 5.74) is 1.24. The molecule has 1 aromatic carbocycles. The summed E-state index contributed by atoms with van der Waals surface area (Å²) in [6, 6.07) is 7.47. The van der Waals surface area contributed by atoms with E-state index in [2.05, 4.69) is 24.2 Å². The molecule has 0 radical (unpaired) electrons. The van der Waals surface area contributed by atoms with Gasteiger partial charge in [-0.05, 0) is 31.5 Å². The fourth-order valence-corrected chi connectivity index (χ4v) is 2.72. The third-order valence-corrected chi connectivity index (χ3v) is 4.31. The van der Waals surface area contributed by atoms with Crippen molar-refractivity contribution in [2.45, 2.75) is 25.8 Å². The zero-order valence-electron chi connectivity index (χ0n) is 12.9. The van der Waals surface area contributed by atoms with Gasteiger partial charge in [0.05, 0.1) is 36.8 Å². The number of benzene rings is 1. The maximum Gasteiger partial charge on any atom is 0.254 e. The predicted molar refractivity (Wildman–Crippen MR) is 81.9 cm³/mol. The first-order valence-corrected chi connectivity index (χ1v) is 7.50. The molecule has 1 unspecified atom stereocenters. The topological polar surface area (TPSA) is 60.2 Å². The van der Waals surface area contributed by atoms with Crippen molar-refractivity contribution in [3.63, 3.8) is 0 Å². The zero-order valence-corrected chi connectivity index (χ0v) is 12.9. The van der Waals surface area contributed by atoms with E-state index >= 15 is 0 Å². The fraction of sp³-hybridized carbons (Fsp3) is 0.438. The molecule has 1 saturated heterocycles. The molecule has 1 fully saturated rings. The maximum atomic E-state index is 12.9. The number of hydrogen-bond acceptors (Lipinski definition) is 4. The molecule has 6 heteroatoms. The summed E-state index contributed by atoms with van der Waals surface area (Å²) in [4.78, 5) is 14.8. The second kappa shape index (κ2) is 5.88. The van der Waals surface area contributed by atoms with Crippen LogP contribution in [-0.4, -0.2) is 51.1 Å². The molecule has 3 rings (SSSR count). The van der Waals surface area contributed by atoms with E-state index in [9.17, 15) is 4.79 Å². The Morgan fingerprint density at radius 1 is 1.45 bits per heavy atom. The Hall–Kier alpha value is -2.21. The van der Waals surface area contributed by atoms with Gasteiger partial charge in [0.2, 0.25) is 0 Å². The predicted octanol–water partition coefficient (Wildman–Crippen LogP) is 1.91. The molecule has 2 heterocycles. The van der Waals surface area contributed by atoms with Gasteiger partial charge in [-0.15, -0.1) is 5.10 Å². The Balaban J connectivity index is 1.90. The number of rotatable bonds is 3. The van der Waals surface area contributed by atoms with Crippen molar-refractivity contribution in [1.29, 1.82) is 0 Å². The van der Waals surface area contributed by atoms with Gasteiger partial charge in [-0.2, -0.15) is 0 Å². The summed E-state index contributed by atoms with van der Waals surface area (Å²) in [6.07, 6.45) is 4.24. The minimum Gasteiger partial charge on any atom is -0.377 e. The lowest BCUT2D eigenvalue weighted by Gasteiger charge is -2.44. The summed E-state index contributed by atoms with van der Waals surface area (Å²) in [6.45, 7) is 5.95. The minimum absolute atomic E-state index is 0.0367. The molecule has 1 atom stereocenters. The monoisotopic (exact) mass is 300 g/mol. The van der Waals surface area contributed by atoms with Gasteiger partial charge in [0.25, 0.3) is 5.91 Å². The number of carbonyl (C=O) groups excluding carboxylic acids is 1. The highest BCUT2D eigenvalue weighted by atomic mass is 16.5. The molecular weight excluding hydrogens is 280 g/mol. The SMILES string of the molecule is CCC1(C)COCCN1C(=O)c1cccc(-n2ccnn2)c1. The molecule has 22 heavy (non-hydrogen) atoms. The largest absolute Gasteiger partial charge is 0.377 e. The van der Waals surface area contributed by atoms with Gasteiger partial charge >= 0.3 is 0 Å². The average Bonchev–Trinajstić information content (AvgIpc) is 3.09. The van der Waals surface area contributed by atoms with Crippen molar-refractivity contribution >= 4 is 5.91 Å². The molecule has 1 aliphatic heterocycles. The number of hydrogen-bond donors (Lipinski definition) is 0. The number of carbonyl (C=O) groups is 1. The van der Waals surface area contributed by atoms with Crippen molar-refractivity contribution in [2.75, 3.05) is 19.8 Å². The van der Waals surface area contributed by atoms with Gasteiger partial charge in [0.1, 0.15) is 0 Å². The number of aromatic nitrogens is 3. The first-order valence-electron chi connectivity index (χ1n) is 7.50. The van der Waals surface area contributed by atoms with Crippen molar-refractivity contribution in [1.82, 2.24) is 19.9 Å². The van der Waals surface area contributed by atoms with Crippen LogP contribution >= 0.6 is 0 Å². The van der Waals surface area contributed by atoms with Gasteiger partial charge in [0.15, 0.2) is 0 Å². The summed E-state index contributed by atoms with van der Waals surface area (Å²) in [5.74, 6) is 0.0367. The smallest absolute Gasteiger partial charge is 0.254 e. The average molecular weight is 300 g/mol. The number of morpholine rings is 1. The van der Waals surface area contributed by atoms with E-state index in [1.165, 1.54) is 0 Å². The lowest BCUT2D eigenvalue weighted by molar-refractivity contribution is -0.0465. The van der Waals surface area contributed by atoms with Crippen LogP contribution in [0, 0.1) is 0 Å². The molecule has 1 amide bonds. The van der Waals surface area contributed by atoms with E-state index < -0.39 is 0 Å². The third-order valence-electron chi connectivity index (χ3n) is 4.31. The van der Waals surface area contributed by atoms with Crippen LogP contribution in [0.3, 0.4) is 0 Å². The van der Waals surface area contributed by atoms with Crippen LogP contribution in [0.5, 0.6) is 0 Å². The summed E-state index contributed by atoms with van der Waals surface area (Å²) in [7, 11) is 0. The van der Waals surface area contributed by atoms with E-state index in [1.54, 1.807) is 17.1 Å². The highest BCUT2D eigenvalue weighted by molar-refractivity contribution is 5.95. The number of ether oxygens (including phenoxy) is 1. The van der Waals surface area contributed by atoms with Crippen molar-refractivity contribution in [3.8, 4) is 5.69 Å². The molecule has 1 aliphatic rings. The molecule has 0 saturated carbocycles. The van der Waals surface area contributed by atoms with E-state index in [-0.39, 0.29) is 11.4 Å². The molecule has 0 aliphatic carbocycles. The van der Waals surface area contributed by atoms with Crippen LogP contribution in [0.2, 0.25) is 0 Å². The molecular formula is C16H20N4O2. The molecule has 0 spiro atoms. The van der Waals surface area contributed by atoms with Crippen LogP contribution in [0.15, 0.2) is 36.7 Å².